The maximum absolute atomic E-state index is 13.9. The highest BCUT2D eigenvalue weighted by molar-refractivity contribution is 6.01. The number of anilines is 1. The van der Waals surface area contributed by atoms with Crippen LogP contribution < -0.4 is 5.32 Å². The molecule has 0 saturated carbocycles. The molecule has 0 unspecified atom stereocenters. The van der Waals surface area contributed by atoms with Crippen molar-refractivity contribution in [2.75, 3.05) is 11.9 Å². The van der Waals surface area contributed by atoms with Crippen molar-refractivity contribution in [2.45, 2.75) is 13.8 Å². The van der Waals surface area contributed by atoms with Gasteiger partial charge in [0, 0.05) is 24.4 Å². The number of benzene rings is 1. The van der Waals surface area contributed by atoms with Gasteiger partial charge in [0.2, 0.25) is 11.7 Å². The van der Waals surface area contributed by atoms with Gasteiger partial charge in [0.15, 0.2) is 12.4 Å². The molecule has 0 fully saturated rings. The predicted octanol–water partition coefficient (Wildman–Crippen LogP) is 2.35. The van der Waals surface area contributed by atoms with E-state index >= 15 is 0 Å². The van der Waals surface area contributed by atoms with Gasteiger partial charge in [-0.2, -0.15) is 0 Å². The van der Waals surface area contributed by atoms with E-state index in [4.69, 9.17) is 4.74 Å². The first-order chi connectivity index (χ1) is 11.8. The Labute approximate surface area is 142 Å². The Kier molecular flexibility index (Phi) is 5.43. The average molecular weight is 346 g/mol. The number of amides is 1. The Hall–Kier alpha value is -3.29. The van der Waals surface area contributed by atoms with Gasteiger partial charge in [0.05, 0.1) is 5.56 Å². The van der Waals surface area contributed by atoms with Crippen LogP contribution in [-0.4, -0.2) is 35.0 Å². The molecule has 1 aromatic heterocycles. The summed E-state index contributed by atoms with van der Waals surface area (Å²) in [6.07, 6.45) is 1.35. The second-order valence-electron chi connectivity index (χ2n) is 5.23. The van der Waals surface area contributed by atoms with Crippen LogP contribution in [0.3, 0.4) is 0 Å². The molecule has 1 heterocycles. The average Bonchev–Trinajstić information content (AvgIpc) is 3.02. The number of aromatic amines is 1. The Balaban J connectivity index is 2.00. The molecule has 0 aliphatic heterocycles. The summed E-state index contributed by atoms with van der Waals surface area (Å²) in [5.41, 5.74) is 0.261. The molecule has 0 aliphatic carbocycles. The summed E-state index contributed by atoms with van der Waals surface area (Å²) in [6, 6.07) is 4.86. The fourth-order valence-electron chi connectivity index (χ4n) is 2.02. The lowest BCUT2D eigenvalue weighted by atomic mass is 10.1. The number of esters is 1. The zero-order valence-electron chi connectivity index (χ0n) is 13.5. The molecule has 0 aliphatic rings. The van der Waals surface area contributed by atoms with Gasteiger partial charge < -0.3 is 15.0 Å². The van der Waals surface area contributed by atoms with E-state index < -0.39 is 24.2 Å². The minimum atomic E-state index is -0.842. The quantitative estimate of drug-likeness (QED) is 0.617. The number of nitrogens with one attached hydrogen (secondary N) is 2. The zero-order valence-corrected chi connectivity index (χ0v) is 13.5. The molecule has 25 heavy (non-hydrogen) atoms. The van der Waals surface area contributed by atoms with Crippen LogP contribution in [0.25, 0.3) is 0 Å². The first kappa shape index (κ1) is 18.1. The number of hydrogen-bond donors (Lipinski definition) is 2. The Morgan fingerprint density at radius 2 is 1.88 bits per heavy atom. The molecule has 0 atom stereocenters. The van der Waals surface area contributed by atoms with Crippen LogP contribution in [0.5, 0.6) is 0 Å². The molecule has 0 bridgehead atoms. The lowest BCUT2D eigenvalue weighted by Gasteiger charge is -2.07. The summed E-state index contributed by atoms with van der Waals surface area (Å²) in [6.45, 7) is 1.95. The summed E-state index contributed by atoms with van der Waals surface area (Å²) in [4.78, 5) is 48.5. The lowest BCUT2D eigenvalue weighted by Crippen LogP contribution is -2.16. The third kappa shape index (κ3) is 4.60. The second-order valence-corrected chi connectivity index (χ2v) is 5.23. The van der Waals surface area contributed by atoms with Gasteiger partial charge in [0.25, 0.3) is 0 Å². The lowest BCUT2D eigenvalue weighted by molar-refractivity contribution is -0.114. The molecule has 2 aromatic rings. The SMILES string of the molecule is CC(=O)Nc1ccc(C(=O)COC(=O)c2cc(C(C)=O)c[nH]2)c(F)c1. The van der Waals surface area contributed by atoms with E-state index in [1.54, 1.807) is 0 Å². The van der Waals surface area contributed by atoms with Gasteiger partial charge in [-0.25, -0.2) is 9.18 Å². The van der Waals surface area contributed by atoms with Gasteiger partial charge in [-0.3, -0.25) is 14.4 Å². The normalized spacial score (nSPS) is 10.2. The monoisotopic (exact) mass is 346 g/mol. The second kappa shape index (κ2) is 7.52. The molecule has 7 nitrogen and oxygen atoms in total. The Morgan fingerprint density at radius 1 is 1.16 bits per heavy atom. The highest BCUT2D eigenvalue weighted by atomic mass is 19.1. The summed E-state index contributed by atoms with van der Waals surface area (Å²) in [7, 11) is 0. The largest absolute Gasteiger partial charge is 0.453 e. The third-order valence-corrected chi connectivity index (χ3v) is 3.23. The van der Waals surface area contributed by atoms with E-state index in [-0.39, 0.29) is 28.6 Å². The van der Waals surface area contributed by atoms with Crippen LogP contribution >= 0.6 is 0 Å². The van der Waals surface area contributed by atoms with Crippen molar-refractivity contribution in [2.24, 2.45) is 0 Å². The summed E-state index contributed by atoms with van der Waals surface area (Å²) in [5.74, 6) is -3.02. The molecular weight excluding hydrogens is 331 g/mol. The minimum absolute atomic E-state index is 0.0134. The summed E-state index contributed by atoms with van der Waals surface area (Å²) < 4.78 is 18.8. The van der Waals surface area contributed by atoms with Crippen LogP contribution in [-0.2, 0) is 9.53 Å². The van der Waals surface area contributed by atoms with Crippen molar-refractivity contribution >= 4 is 29.1 Å². The maximum atomic E-state index is 13.9. The molecule has 8 heteroatoms. The molecule has 130 valence electrons. The fraction of sp³-hybridized carbons (Fsp3) is 0.176. The maximum Gasteiger partial charge on any atom is 0.355 e. The number of Topliss-reactive ketones (excluding diaryl/α,β-unsaturated/α-hetero) is 2. The number of aromatic nitrogens is 1. The van der Waals surface area contributed by atoms with E-state index in [1.807, 2.05) is 0 Å². The molecule has 0 spiro atoms. The number of carbonyl (C=O) groups excluding carboxylic acids is 4. The molecule has 1 aromatic carbocycles. The van der Waals surface area contributed by atoms with Crippen LogP contribution in [0, 0.1) is 5.82 Å². The van der Waals surface area contributed by atoms with Crippen molar-refractivity contribution in [1.82, 2.24) is 4.98 Å². The van der Waals surface area contributed by atoms with E-state index in [0.717, 1.165) is 6.07 Å². The first-order valence-corrected chi connectivity index (χ1v) is 7.24. The number of H-pyrrole nitrogens is 1. The van der Waals surface area contributed by atoms with E-state index in [0.29, 0.717) is 5.56 Å². The Bertz CT molecular complexity index is 856. The number of rotatable bonds is 6. The van der Waals surface area contributed by atoms with Crippen LogP contribution in [0.4, 0.5) is 10.1 Å². The predicted molar refractivity (Wildman–Crippen MR) is 86.1 cm³/mol. The molecule has 0 radical (unpaired) electrons. The highest BCUT2D eigenvalue weighted by Gasteiger charge is 2.17. The smallest absolute Gasteiger partial charge is 0.355 e. The van der Waals surface area contributed by atoms with Gasteiger partial charge in [-0.1, -0.05) is 0 Å². The molecular formula is C17H15FN2O5. The number of halogens is 1. The zero-order chi connectivity index (χ0) is 18.6. The van der Waals surface area contributed by atoms with E-state index in [9.17, 15) is 23.6 Å². The summed E-state index contributed by atoms with van der Waals surface area (Å²) in [5, 5.41) is 2.39. The van der Waals surface area contributed by atoms with Crippen molar-refractivity contribution < 1.29 is 28.3 Å². The minimum Gasteiger partial charge on any atom is -0.453 e. The topological polar surface area (TPSA) is 105 Å². The van der Waals surface area contributed by atoms with Gasteiger partial charge in [-0.15, -0.1) is 0 Å². The van der Waals surface area contributed by atoms with Crippen molar-refractivity contribution in [1.29, 1.82) is 0 Å². The number of ketones is 2. The fourth-order valence-corrected chi connectivity index (χ4v) is 2.02. The van der Waals surface area contributed by atoms with Gasteiger partial charge in [0.1, 0.15) is 11.5 Å². The molecule has 2 rings (SSSR count). The van der Waals surface area contributed by atoms with Crippen molar-refractivity contribution in [3.8, 4) is 0 Å². The Morgan fingerprint density at radius 3 is 2.44 bits per heavy atom. The van der Waals surface area contributed by atoms with Crippen molar-refractivity contribution in [3.05, 3.63) is 53.1 Å². The molecule has 0 saturated heterocycles. The number of carbonyl (C=O) groups is 4. The van der Waals surface area contributed by atoms with Gasteiger partial charge in [-0.05, 0) is 31.2 Å². The van der Waals surface area contributed by atoms with Crippen LogP contribution in [0.1, 0.15) is 45.1 Å². The van der Waals surface area contributed by atoms with Crippen LogP contribution in [0.15, 0.2) is 30.5 Å². The van der Waals surface area contributed by atoms with E-state index in [1.165, 1.54) is 38.2 Å². The number of ether oxygens (including phenoxy) is 1. The highest BCUT2D eigenvalue weighted by Crippen LogP contribution is 2.15. The molecule has 2 N–H and O–H groups in total. The third-order valence-electron chi connectivity index (χ3n) is 3.23. The standard InChI is InChI=1S/C17H15FN2O5/c1-9(21)11-5-15(19-7-11)17(24)25-8-16(23)13-4-3-12(6-14(13)18)20-10(2)22/h3-7,19H,8H2,1-2H3,(H,20,22). The van der Waals surface area contributed by atoms with Gasteiger partial charge >= 0.3 is 5.97 Å². The first-order valence-electron chi connectivity index (χ1n) is 7.24. The van der Waals surface area contributed by atoms with Crippen molar-refractivity contribution in [3.63, 3.8) is 0 Å². The van der Waals surface area contributed by atoms with E-state index in [2.05, 4.69) is 10.3 Å². The molecule has 1 amide bonds. The summed E-state index contributed by atoms with van der Waals surface area (Å²) >= 11 is 0. The van der Waals surface area contributed by atoms with Crippen LogP contribution in [0.2, 0.25) is 0 Å². The number of hydrogen-bond acceptors (Lipinski definition) is 5.